The smallest absolute Gasteiger partial charge is 0.322 e. The molecule has 1 heterocycles. The predicted molar refractivity (Wildman–Crippen MR) is 73.6 cm³/mol. The standard InChI is InChI=1S/C11H18N2O5S2/c14-10(15)9(5-3-1-2-4-6-13-16)20(17,18)11-12-7-8-19-11/h7-9,13,16H,1-6H2,(H,14,15). The minimum Gasteiger partial charge on any atom is -0.480 e. The van der Waals surface area contributed by atoms with Crippen LogP contribution in [0.2, 0.25) is 0 Å². The highest BCUT2D eigenvalue weighted by molar-refractivity contribution is 7.94. The van der Waals surface area contributed by atoms with Crippen molar-refractivity contribution >= 4 is 27.1 Å². The van der Waals surface area contributed by atoms with Crippen molar-refractivity contribution in [2.24, 2.45) is 0 Å². The summed E-state index contributed by atoms with van der Waals surface area (Å²) in [6.45, 7) is 0.472. The molecule has 0 aliphatic carbocycles. The maximum Gasteiger partial charge on any atom is 0.322 e. The molecule has 0 aliphatic rings. The van der Waals surface area contributed by atoms with Crippen molar-refractivity contribution < 1.29 is 23.5 Å². The van der Waals surface area contributed by atoms with Crippen LogP contribution in [0.3, 0.4) is 0 Å². The molecule has 0 amide bonds. The van der Waals surface area contributed by atoms with Crippen molar-refractivity contribution in [2.45, 2.75) is 41.7 Å². The van der Waals surface area contributed by atoms with Gasteiger partial charge in [-0.2, -0.15) is 0 Å². The van der Waals surface area contributed by atoms with Gasteiger partial charge in [0, 0.05) is 18.1 Å². The Hall–Kier alpha value is -1.03. The molecule has 0 saturated heterocycles. The lowest BCUT2D eigenvalue weighted by molar-refractivity contribution is -0.136. The van der Waals surface area contributed by atoms with Gasteiger partial charge in [0.2, 0.25) is 14.2 Å². The number of rotatable bonds is 10. The number of hydroxylamine groups is 1. The summed E-state index contributed by atoms with van der Waals surface area (Å²) in [5.41, 5.74) is 2.03. The number of carboxylic acid groups (broad SMARTS) is 1. The number of thiazole rings is 1. The zero-order valence-corrected chi connectivity index (χ0v) is 12.5. The third kappa shape index (κ3) is 4.82. The summed E-state index contributed by atoms with van der Waals surface area (Å²) < 4.78 is 24.1. The monoisotopic (exact) mass is 322 g/mol. The molecule has 1 aromatic rings. The second-order valence-electron chi connectivity index (χ2n) is 4.28. The van der Waals surface area contributed by atoms with Gasteiger partial charge in [0.15, 0.2) is 5.25 Å². The summed E-state index contributed by atoms with van der Waals surface area (Å²) >= 11 is 0.927. The Morgan fingerprint density at radius 2 is 2.05 bits per heavy atom. The van der Waals surface area contributed by atoms with E-state index >= 15 is 0 Å². The van der Waals surface area contributed by atoms with Crippen LogP contribution in [0.15, 0.2) is 15.9 Å². The Labute approximate surface area is 121 Å². The number of hydrogen-bond acceptors (Lipinski definition) is 7. The number of unbranched alkanes of at least 4 members (excludes halogenated alkanes) is 3. The fourth-order valence-electron chi connectivity index (χ4n) is 1.77. The van der Waals surface area contributed by atoms with Gasteiger partial charge in [0.05, 0.1) is 0 Å². The third-order valence-electron chi connectivity index (χ3n) is 2.81. The molecule has 0 spiro atoms. The van der Waals surface area contributed by atoms with Crippen molar-refractivity contribution in [1.29, 1.82) is 0 Å². The quantitative estimate of drug-likeness (QED) is 0.439. The number of sulfone groups is 1. The van der Waals surface area contributed by atoms with Crippen LogP contribution >= 0.6 is 11.3 Å². The Kier molecular flexibility index (Phi) is 7.06. The van der Waals surface area contributed by atoms with Gasteiger partial charge in [0.25, 0.3) is 0 Å². The third-order valence-corrected chi connectivity index (χ3v) is 6.14. The van der Waals surface area contributed by atoms with E-state index in [0.717, 1.165) is 30.6 Å². The molecule has 1 rings (SSSR count). The number of aromatic nitrogens is 1. The van der Waals surface area contributed by atoms with Crippen LogP contribution in [-0.2, 0) is 14.6 Å². The molecule has 0 fully saturated rings. The summed E-state index contributed by atoms with van der Waals surface area (Å²) in [6, 6.07) is 0. The second kappa shape index (κ2) is 8.30. The molecule has 0 saturated carbocycles. The first-order valence-corrected chi connectivity index (χ1v) is 8.66. The molecular formula is C11H18N2O5S2. The van der Waals surface area contributed by atoms with E-state index in [0.29, 0.717) is 13.0 Å². The van der Waals surface area contributed by atoms with Crippen LogP contribution in [-0.4, -0.2) is 41.5 Å². The van der Waals surface area contributed by atoms with Crippen molar-refractivity contribution in [2.75, 3.05) is 6.54 Å². The van der Waals surface area contributed by atoms with Gasteiger partial charge in [-0.05, 0) is 12.8 Å². The lowest BCUT2D eigenvalue weighted by Gasteiger charge is -2.11. The summed E-state index contributed by atoms with van der Waals surface area (Å²) in [6.07, 6.45) is 4.21. The number of hydrogen-bond donors (Lipinski definition) is 3. The van der Waals surface area contributed by atoms with E-state index in [1.165, 1.54) is 11.6 Å². The van der Waals surface area contributed by atoms with Crippen LogP contribution in [0, 0.1) is 0 Å². The molecule has 1 atom stereocenters. The highest BCUT2D eigenvalue weighted by Crippen LogP contribution is 2.22. The lowest BCUT2D eigenvalue weighted by Crippen LogP contribution is -2.30. The largest absolute Gasteiger partial charge is 0.480 e. The van der Waals surface area contributed by atoms with E-state index in [4.69, 9.17) is 10.3 Å². The van der Waals surface area contributed by atoms with Crippen molar-refractivity contribution in [1.82, 2.24) is 10.5 Å². The minimum absolute atomic E-state index is 0.0732. The topological polar surface area (TPSA) is 117 Å². The SMILES string of the molecule is O=C(O)C(CCCCCCNO)S(=O)(=O)c1nccs1. The second-order valence-corrected chi connectivity index (χ2v) is 7.48. The molecule has 1 unspecified atom stereocenters. The zero-order chi connectivity index (χ0) is 15.0. The van der Waals surface area contributed by atoms with Crippen LogP contribution in [0.25, 0.3) is 0 Å². The number of aliphatic carboxylic acids is 1. The van der Waals surface area contributed by atoms with Gasteiger partial charge in [-0.1, -0.05) is 19.3 Å². The highest BCUT2D eigenvalue weighted by Gasteiger charge is 2.35. The van der Waals surface area contributed by atoms with Crippen LogP contribution < -0.4 is 5.48 Å². The van der Waals surface area contributed by atoms with Gasteiger partial charge >= 0.3 is 5.97 Å². The molecule has 9 heteroatoms. The first-order chi connectivity index (χ1) is 9.50. The fraction of sp³-hybridized carbons (Fsp3) is 0.636. The molecule has 3 N–H and O–H groups in total. The minimum atomic E-state index is -3.90. The number of carbonyl (C=O) groups is 1. The Morgan fingerprint density at radius 1 is 1.35 bits per heavy atom. The number of nitrogens with zero attached hydrogens (tertiary/aromatic N) is 1. The molecule has 0 bridgehead atoms. The average Bonchev–Trinajstić information content (AvgIpc) is 2.91. The van der Waals surface area contributed by atoms with Crippen LogP contribution in [0.5, 0.6) is 0 Å². The Balaban J connectivity index is 2.55. The first kappa shape index (κ1) is 17.0. The van der Waals surface area contributed by atoms with E-state index < -0.39 is 21.1 Å². The summed E-state index contributed by atoms with van der Waals surface area (Å²) in [5.74, 6) is -1.34. The van der Waals surface area contributed by atoms with Crippen LogP contribution in [0.4, 0.5) is 0 Å². The van der Waals surface area contributed by atoms with E-state index in [-0.39, 0.29) is 10.8 Å². The number of nitrogens with one attached hydrogen (secondary N) is 1. The maximum absolute atomic E-state index is 12.1. The van der Waals surface area contributed by atoms with E-state index in [9.17, 15) is 13.2 Å². The summed E-state index contributed by atoms with van der Waals surface area (Å²) in [5, 5.41) is 17.6. The highest BCUT2D eigenvalue weighted by atomic mass is 32.2. The molecule has 7 nitrogen and oxygen atoms in total. The van der Waals surface area contributed by atoms with E-state index in [1.807, 2.05) is 5.48 Å². The molecule has 20 heavy (non-hydrogen) atoms. The van der Waals surface area contributed by atoms with Crippen LogP contribution in [0.1, 0.15) is 32.1 Å². The van der Waals surface area contributed by atoms with E-state index in [2.05, 4.69) is 4.98 Å². The molecule has 114 valence electrons. The molecule has 1 aromatic heterocycles. The Bertz CT molecular complexity index is 501. The Morgan fingerprint density at radius 3 is 2.60 bits per heavy atom. The summed E-state index contributed by atoms with van der Waals surface area (Å²) in [4.78, 5) is 14.9. The first-order valence-electron chi connectivity index (χ1n) is 6.23. The van der Waals surface area contributed by atoms with Crippen molar-refractivity contribution in [3.05, 3.63) is 11.6 Å². The number of carboxylic acids is 1. The summed E-state index contributed by atoms with van der Waals surface area (Å²) in [7, 11) is -3.90. The van der Waals surface area contributed by atoms with Gasteiger partial charge in [0.1, 0.15) is 0 Å². The van der Waals surface area contributed by atoms with E-state index in [1.54, 1.807) is 0 Å². The normalized spacial score (nSPS) is 13.2. The van der Waals surface area contributed by atoms with Crippen molar-refractivity contribution in [3.63, 3.8) is 0 Å². The molecule has 0 aliphatic heterocycles. The van der Waals surface area contributed by atoms with Gasteiger partial charge in [-0.15, -0.1) is 11.3 Å². The fourth-order valence-corrected chi connectivity index (χ4v) is 4.38. The lowest BCUT2D eigenvalue weighted by atomic mass is 10.1. The van der Waals surface area contributed by atoms with Crippen molar-refractivity contribution in [3.8, 4) is 0 Å². The predicted octanol–water partition coefficient (Wildman–Crippen LogP) is 1.30. The maximum atomic E-state index is 12.1. The van der Waals surface area contributed by atoms with Gasteiger partial charge < -0.3 is 10.3 Å². The van der Waals surface area contributed by atoms with Gasteiger partial charge in [-0.3, -0.25) is 4.79 Å². The zero-order valence-electron chi connectivity index (χ0n) is 10.9. The molecule has 0 radical (unpaired) electrons. The molecule has 0 aromatic carbocycles. The average molecular weight is 322 g/mol. The molecular weight excluding hydrogens is 304 g/mol. The van der Waals surface area contributed by atoms with Gasteiger partial charge in [-0.25, -0.2) is 18.9 Å².